The minimum Gasteiger partial charge on any atom is -0.369 e. The lowest BCUT2D eigenvalue weighted by atomic mass is 9.51. The van der Waals surface area contributed by atoms with Crippen molar-refractivity contribution >= 4 is 46.6 Å². The smallest absolute Gasteiger partial charge is 0.254 e. The predicted octanol–water partition coefficient (Wildman–Crippen LogP) is 6.46. The SMILES string of the molecule is CCC1(C2CCNC2)C(c2ccc(Cl)c(Cl)c2)C(C(N)=O)(c2ccccc2)CCN1C(=O)c1ccc(Cl)cc1. The Balaban J connectivity index is 1.81. The molecule has 3 aromatic carbocycles. The second kappa shape index (κ2) is 11.1. The molecule has 0 radical (unpaired) electrons. The van der Waals surface area contributed by atoms with Gasteiger partial charge in [-0.15, -0.1) is 0 Å². The van der Waals surface area contributed by atoms with Crippen molar-refractivity contribution < 1.29 is 9.59 Å². The van der Waals surface area contributed by atoms with E-state index in [9.17, 15) is 9.59 Å². The molecule has 8 heteroatoms. The van der Waals surface area contributed by atoms with Gasteiger partial charge in [0.1, 0.15) is 0 Å². The second-order valence-corrected chi connectivity index (χ2v) is 11.8. The Labute approximate surface area is 244 Å². The van der Waals surface area contributed by atoms with Crippen LogP contribution in [-0.2, 0) is 10.2 Å². The Morgan fingerprint density at radius 1 is 1.00 bits per heavy atom. The average molecular weight is 585 g/mol. The quantitative estimate of drug-likeness (QED) is 0.349. The molecule has 2 saturated heterocycles. The molecule has 0 aromatic heterocycles. The number of primary amides is 1. The lowest BCUT2D eigenvalue weighted by Crippen LogP contribution is -2.70. The summed E-state index contributed by atoms with van der Waals surface area (Å²) in [4.78, 5) is 30.2. The van der Waals surface area contributed by atoms with E-state index in [1.54, 1.807) is 30.3 Å². The maximum absolute atomic E-state index is 14.4. The first kappa shape index (κ1) is 28.0. The maximum Gasteiger partial charge on any atom is 0.254 e. The molecule has 5 rings (SSSR count). The standard InChI is InChI=1S/C31H32Cl3N3O2/c1-2-31(23-14-16-36-19-23)27(21-10-13-25(33)26(34)18-21)30(29(35)39,22-6-4-3-5-7-22)15-17-37(31)28(38)20-8-11-24(32)12-9-20/h3-13,18,23,27,36H,2,14-17,19H2,1H3,(H2,35,39). The average Bonchev–Trinajstić information content (AvgIpc) is 3.50. The second-order valence-electron chi connectivity index (χ2n) is 10.6. The van der Waals surface area contributed by atoms with E-state index < -0.39 is 22.8 Å². The molecule has 4 unspecified atom stereocenters. The fourth-order valence-electron chi connectivity index (χ4n) is 7.20. The molecule has 0 bridgehead atoms. The van der Waals surface area contributed by atoms with Gasteiger partial charge in [0.05, 0.1) is 21.0 Å². The zero-order valence-electron chi connectivity index (χ0n) is 21.8. The van der Waals surface area contributed by atoms with Gasteiger partial charge in [0.25, 0.3) is 5.91 Å². The summed E-state index contributed by atoms with van der Waals surface area (Å²) in [5.74, 6) is -0.899. The number of nitrogens with zero attached hydrogens (tertiary/aromatic N) is 1. The molecule has 3 N–H and O–H groups in total. The van der Waals surface area contributed by atoms with E-state index in [0.29, 0.717) is 40.0 Å². The topological polar surface area (TPSA) is 75.4 Å². The van der Waals surface area contributed by atoms with Crippen molar-refractivity contribution in [1.82, 2.24) is 10.2 Å². The van der Waals surface area contributed by atoms with Crippen molar-refractivity contribution in [2.45, 2.75) is 43.1 Å². The molecular formula is C31H32Cl3N3O2. The lowest BCUT2D eigenvalue weighted by molar-refractivity contribution is -0.131. The molecule has 4 atom stereocenters. The van der Waals surface area contributed by atoms with Crippen LogP contribution in [0.5, 0.6) is 0 Å². The molecule has 3 aromatic rings. The monoisotopic (exact) mass is 583 g/mol. The van der Waals surface area contributed by atoms with Gasteiger partial charge in [-0.1, -0.05) is 78.1 Å². The number of hydrogen-bond donors (Lipinski definition) is 2. The molecule has 2 fully saturated rings. The molecule has 0 spiro atoms. The van der Waals surface area contributed by atoms with Crippen LogP contribution in [0.4, 0.5) is 0 Å². The number of carbonyl (C=O) groups excluding carboxylic acids is 2. The number of amides is 2. The van der Waals surface area contributed by atoms with Crippen molar-refractivity contribution in [2.75, 3.05) is 19.6 Å². The van der Waals surface area contributed by atoms with Crippen LogP contribution in [0.2, 0.25) is 15.1 Å². The molecule has 204 valence electrons. The fraction of sp³-hybridized carbons (Fsp3) is 0.355. The van der Waals surface area contributed by atoms with Crippen molar-refractivity contribution in [3.63, 3.8) is 0 Å². The van der Waals surface area contributed by atoms with Crippen molar-refractivity contribution in [2.24, 2.45) is 11.7 Å². The van der Waals surface area contributed by atoms with Crippen LogP contribution in [0.15, 0.2) is 72.8 Å². The normalized spacial score (nSPS) is 26.9. The lowest BCUT2D eigenvalue weighted by Gasteiger charge is -2.61. The van der Waals surface area contributed by atoms with E-state index in [1.165, 1.54) is 0 Å². The summed E-state index contributed by atoms with van der Waals surface area (Å²) < 4.78 is 0. The first-order chi connectivity index (χ1) is 18.8. The summed E-state index contributed by atoms with van der Waals surface area (Å²) in [6.45, 7) is 4.03. The van der Waals surface area contributed by atoms with Gasteiger partial charge >= 0.3 is 0 Å². The Hall–Kier alpha value is -2.57. The zero-order chi connectivity index (χ0) is 27.8. The minimum absolute atomic E-state index is 0.0703. The van der Waals surface area contributed by atoms with Gasteiger partial charge in [-0.3, -0.25) is 9.59 Å². The third-order valence-electron chi connectivity index (χ3n) is 8.90. The molecule has 0 aliphatic carbocycles. The van der Waals surface area contributed by atoms with Crippen molar-refractivity contribution in [3.05, 3.63) is 105 Å². The summed E-state index contributed by atoms with van der Waals surface area (Å²) in [6, 6.07) is 22.3. The Morgan fingerprint density at radius 3 is 2.31 bits per heavy atom. The summed E-state index contributed by atoms with van der Waals surface area (Å²) in [7, 11) is 0. The van der Waals surface area contributed by atoms with E-state index >= 15 is 0 Å². The predicted molar refractivity (Wildman–Crippen MR) is 158 cm³/mol. The Bertz CT molecular complexity index is 1360. The van der Waals surface area contributed by atoms with Gasteiger partial charge in [-0.2, -0.15) is 0 Å². The molecular weight excluding hydrogens is 553 g/mol. The van der Waals surface area contributed by atoms with E-state index in [0.717, 1.165) is 30.6 Å². The van der Waals surface area contributed by atoms with E-state index in [1.807, 2.05) is 47.4 Å². The molecule has 2 aliphatic rings. The summed E-state index contributed by atoms with van der Waals surface area (Å²) in [6.07, 6.45) is 1.85. The van der Waals surface area contributed by atoms with Crippen LogP contribution in [0, 0.1) is 5.92 Å². The summed E-state index contributed by atoms with van der Waals surface area (Å²) >= 11 is 19.1. The van der Waals surface area contributed by atoms with Gasteiger partial charge in [0.2, 0.25) is 5.91 Å². The van der Waals surface area contributed by atoms with Crippen LogP contribution in [-0.4, -0.2) is 41.9 Å². The molecule has 5 nitrogen and oxygen atoms in total. The minimum atomic E-state index is -1.08. The number of benzene rings is 3. The first-order valence-corrected chi connectivity index (χ1v) is 14.5. The highest BCUT2D eigenvalue weighted by Crippen LogP contribution is 2.58. The summed E-state index contributed by atoms with van der Waals surface area (Å²) in [5.41, 5.74) is 6.84. The van der Waals surface area contributed by atoms with E-state index in [2.05, 4.69) is 12.2 Å². The third-order valence-corrected chi connectivity index (χ3v) is 9.89. The van der Waals surface area contributed by atoms with Gasteiger partial charge in [-0.05, 0) is 79.3 Å². The Morgan fingerprint density at radius 2 is 1.72 bits per heavy atom. The highest BCUT2D eigenvalue weighted by molar-refractivity contribution is 6.42. The van der Waals surface area contributed by atoms with E-state index in [4.69, 9.17) is 40.5 Å². The van der Waals surface area contributed by atoms with Crippen LogP contribution in [0.25, 0.3) is 0 Å². The number of nitrogens with one attached hydrogen (secondary N) is 1. The largest absolute Gasteiger partial charge is 0.369 e. The van der Waals surface area contributed by atoms with Crippen molar-refractivity contribution in [1.29, 1.82) is 0 Å². The van der Waals surface area contributed by atoms with Crippen LogP contribution in [0.1, 0.15) is 53.6 Å². The molecule has 2 heterocycles. The number of halogens is 3. The molecule has 0 saturated carbocycles. The Kier molecular flexibility index (Phi) is 7.98. The highest BCUT2D eigenvalue weighted by Gasteiger charge is 2.64. The maximum atomic E-state index is 14.4. The first-order valence-electron chi connectivity index (χ1n) is 13.3. The van der Waals surface area contributed by atoms with Crippen LogP contribution < -0.4 is 11.1 Å². The highest BCUT2D eigenvalue weighted by atomic mass is 35.5. The van der Waals surface area contributed by atoms with Gasteiger partial charge in [0, 0.05) is 29.6 Å². The number of nitrogens with two attached hydrogens (primary N) is 1. The third kappa shape index (κ3) is 4.63. The number of carbonyl (C=O) groups is 2. The van der Waals surface area contributed by atoms with Gasteiger partial charge < -0.3 is 16.0 Å². The number of likely N-dealkylation sites (tertiary alicyclic amines) is 1. The number of piperidine rings is 1. The molecule has 2 aliphatic heterocycles. The van der Waals surface area contributed by atoms with E-state index in [-0.39, 0.29) is 11.8 Å². The van der Waals surface area contributed by atoms with Crippen LogP contribution in [0.3, 0.4) is 0 Å². The van der Waals surface area contributed by atoms with Gasteiger partial charge in [-0.25, -0.2) is 0 Å². The van der Waals surface area contributed by atoms with Gasteiger partial charge in [0.15, 0.2) is 0 Å². The van der Waals surface area contributed by atoms with Crippen LogP contribution >= 0.6 is 34.8 Å². The number of hydrogen-bond acceptors (Lipinski definition) is 3. The fourth-order valence-corrected chi connectivity index (χ4v) is 7.64. The molecule has 39 heavy (non-hydrogen) atoms. The van der Waals surface area contributed by atoms with Crippen molar-refractivity contribution in [3.8, 4) is 0 Å². The molecule has 2 amide bonds. The zero-order valence-corrected chi connectivity index (χ0v) is 24.1. The number of rotatable bonds is 6. The summed E-state index contributed by atoms with van der Waals surface area (Å²) in [5, 5.41) is 4.90.